The van der Waals surface area contributed by atoms with Crippen LogP contribution in [0.15, 0.2) is 79.1 Å². The number of pyridine rings is 1. The van der Waals surface area contributed by atoms with Gasteiger partial charge < -0.3 is 15.8 Å². The Morgan fingerprint density at radius 1 is 1.03 bits per heavy atom. The van der Waals surface area contributed by atoms with Crippen LogP contribution in [0.2, 0.25) is 5.02 Å². The minimum atomic E-state index is -0.420. The molecule has 2 aromatic heterocycles. The molecule has 0 radical (unpaired) electrons. The maximum Gasteiger partial charge on any atom is 0.262 e. The van der Waals surface area contributed by atoms with Crippen molar-refractivity contribution in [3.8, 4) is 11.4 Å². The molecule has 3 N–H and O–H groups in total. The Hall–Kier alpha value is -3.84. The van der Waals surface area contributed by atoms with Gasteiger partial charge in [0.2, 0.25) is 0 Å². The normalized spacial score (nSPS) is 10.6. The number of carbonyl (C=O) groups is 1. The summed E-state index contributed by atoms with van der Waals surface area (Å²) in [5, 5.41) is 7.45. The highest BCUT2D eigenvalue weighted by Gasteiger charge is 2.18. The average Bonchev–Trinajstić information content (AvgIpc) is 3.16. The molecule has 0 aliphatic heterocycles. The lowest BCUT2D eigenvalue weighted by molar-refractivity contribution is 0.102. The van der Waals surface area contributed by atoms with E-state index in [1.165, 1.54) is 17.1 Å². The molecule has 30 heavy (non-hydrogen) atoms. The van der Waals surface area contributed by atoms with Gasteiger partial charge in [-0.3, -0.25) is 4.79 Å². The summed E-state index contributed by atoms with van der Waals surface area (Å²) in [6, 6.07) is 20.4. The molecule has 8 heteroatoms. The minimum absolute atomic E-state index is 0.192. The number of hydrogen-bond acceptors (Lipinski definition) is 5. The van der Waals surface area contributed by atoms with Crippen molar-refractivity contribution >= 4 is 29.1 Å². The number of nitrogens with two attached hydrogens (primary N) is 1. The van der Waals surface area contributed by atoms with Gasteiger partial charge in [0.25, 0.3) is 5.91 Å². The van der Waals surface area contributed by atoms with Gasteiger partial charge in [0.1, 0.15) is 35.2 Å². The predicted molar refractivity (Wildman–Crippen MR) is 116 cm³/mol. The van der Waals surface area contributed by atoms with Crippen LogP contribution in [0.5, 0.6) is 5.75 Å². The summed E-state index contributed by atoms with van der Waals surface area (Å²) in [4.78, 5) is 16.7. The molecule has 0 aliphatic carbocycles. The van der Waals surface area contributed by atoms with Gasteiger partial charge in [0, 0.05) is 6.20 Å². The van der Waals surface area contributed by atoms with Crippen LogP contribution in [0, 0.1) is 0 Å². The lowest BCUT2D eigenvalue weighted by atomic mass is 10.2. The number of carbonyl (C=O) groups excluding carboxylic acids is 1. The van der Waals surface area contributed by atoms with Gasteiger partial charge in [0.05, 0.1) is 11.2 Å². The summed E-state index contributed by atoms with van der Waals surface area (Å²) in [5.41, 5.74) is 8.13. The van der Waals surface area contributed by atoms with Crippen LogP contribution in [0.25, 0.3) is 5.69 Å². The van der Waals surface area contributed by atoms with Gasteiger partial charge in [-0.25, -0.2) is 9.67 Å². The first-order valence-corrected chi connectivity index (χ1v) is 9.52. The van der Waals surface area contributed by atoms with Crippen LogP contribution < -0.4 is 15.8 Å². The molecule has 0 saturated heterocycles. The monoisotopic (exact) mass is 419 g/mol. The first kappa shape index (κ1) is 19.5. The van der Waals surface area contributed by atoms with E-state index in [2.05, 4.69) is 15.4 Å². The zero-order valence-corrected chi connectivity index (χ0v) is 16.6. The van der Waals surface area contributed by atoms with Crippen molar-refractivity contribution < 1.29 is 9.53 Å². The molecule has 7 nitrogen and oxygen atoms in total. The highest BCUT2D eigenvalue weighted by molar-refractivity contribution is 6.30. The smallest absolute Gasteiger partial charge is 0.262 e. The van der Waals surface area contributed by atoms with E-state index in [0.717, 1.165) is 5.56 Å². The number of benzene rings is 2. The van der Waals surface area contributed by atoms with Crippen molar-refractivity contribution in [2.75, 3.05) is 11.1 Å². The molecule has 0 aliphatic rings. The Bertz CT molecular complexity index is 1160. The zero-order chi connectivity index (χ0) is 20.9. The molecule has 2 heterocycles. The molecular formula is C22H18ClN5O2. The molecule has 150 valence electrons. The molecule has 0 bridgehead atoms. The van der Waals surface area contributed by atoms with E-state index in [0.29, 0.717) is 28.9 Å². The highest BCUT2D eigenvalue weighted by Crippen LogP contribution is 2.27. The van der Waals surface area contributed by atoms with Crippen molar-refractivity contribution in [2.45, 2.75) is 6.61 Å². The fraction of sp³-hybridized carbons (Fsp3) is 0.0455. The van der Waals surface area contributed by atoms with Crippen LogP contribution in [-0.2, 0) is 6.61 Å². The Balaban J connectivity index is 1.56. The van der Waals surface area contributed by atoms with E-state index < -0.39 is 5.91 Å². The van der Waals surface area contributed by atoms with E-state index >= 15 is 0 Å². The number of halogens is 1. The molecule has 2 aromatic carbocycles. The van der Waals surface area contributed by atoms with Crippen molar-refractivity contribution in [2.24, 2.45) is 0 Å². The highest BCUT2D eigenvalue weighted by atomic mass is 35.5. The number of amides is 1. The Morgan fingerprint density at radius 2 is 1.80 bits per heavy atom. The number of nitrogens with one attached hydrogen (secondary N) is 1. The number of anilines is 2. The van der Waals surface area contributed by atoms with E-state index in [-0.39, 0.29) is 11.4 Å². The molecule has 0 saturated carbocycles. The van der Waals surface area contributed by atoms with Gasteiger partial charge >= 0.3 is 0 Å². The van der Waals surface area contributed by atoms with Crippen LogP contribution in [0.3, 0.4) is 0 Å². The lowest BCUT2D eigenvalue weighted by Crippen LogP contribution is -2.15. The van der Waals surface area contributed by atoms with Gasteiger partial charge in [-0.15, -0.1) is 0 Å². The number of ether oxygens (including phenoxy) is 1. The van der Waals surface area contributed by atoms with Gasteiger partial charge in [-0.2, -0.15) is 5.10 Å². The van der Waals surface area contributed by atoms with E-state index in [4.69, 9.17) is 22.1 Å². The number of aromatic nitrogens is 3. The Kier molecular flexibility index (Phi) is 5.63. The van der Waals surface area contributed by atoms with E-state index in [1.54, 1.807) is 12.1 Å². The Labute approximate surface area is 178 Å². The second-order valence-electron chi connectivity index (χ2n) is 6.41. The summed E-state index contributed by atoms with van der Waals surface area (Å²) in [7, 11) is 0. The van der Waals surface area contributed by atoms with Crippen molar-refractivity contribution in [3.05, 3.63) is 95.3 Å². The molecule has 1 amide bonds. The number of rotatable bonds is 6. The van der Waals surface area contributed by atoms with Crippen molar-refractivity contribution in [1.82, 2.24) is 14.8 Å². The number of para-hydroxylation sites is 2. The Morgan fingerprint density at radius 3 is 2.57 bits per heavy atom. The summed E-state index contributed by atoms with van der Waals surface area (Å²) < 4.78 is 7.45. The maximum absolute atomic E-state index is 12.6. The maximum atomic E-state index is 12.6. The standard InChI is InChI=1S/C22H18ClN5O2/c23-16-10-11-20(25-12-16)27-22(29)17-13-26-28(21(17)24)18-8-4-5-9-19(18)30-14-15-6-2-1-3-7-15/h1-13H,14,24H2,(H,25,27,29). The van der Waals surface area contributed by atoms with E-state index in [9.17, 15) is 4.79 Å². The second kappa shape index (κ2) is 8.67. The summed E-state index contributed by atoms with van der Waals surface area (Å²) >= 11 is 5.82. The molecule has 0 spiro atoms. The topological polar surface area (TPSA) is 95.1 Å². The number of hydrogen-bond donors (Lipinski definition) is 2. The van der Waals surface area contributed by atoms with Crippen LogP contribution >= 0.6 is 11.6 Å². The first-order chi connectivity index (χ1) is 14.6. The summed E-state index contributed by atoms with van der Waals surface area (Å²) in [5.74, 6) is 0.735. The van der Waals surface area contributed by atoms with Crippen LogP contribution in [0.1, 0.15) is 15.9 Å². The second-order valence-corrected chi connectivity index (χ2v) is 6.85. The number of nitrogens with zero attached hydrogens (tertiary/aromatic N) is 3. The largest absolute Gasteiger partial charge is 0.487 e. The SMILES string of the molecule is Nc1c(C(=O)Nc2ccc(Cl)cn2)cnn1-c1ccccc1OCc1ccccc1. The third-order valence-electron chi connectivity index (χ3n) is 4.35. The first-order valence-electron chi connectivity index (χ1n) is 9.14. The van der Waals surface area contributed by atoms with Crippen molar-refractivity contribution in [3.63, 3.8) is 0 Å². The summed E-state index contributed by atoms with van der Waals surface area (Å²) in [6.45, 7) is 0.397. The molecule has 4 aromatic rings. The van der Waals surface area contributed by atoms with Crippen LogP contribution in [0.4, 0.5) is 11.6 Å². The molecule has 4 rings (SSSR count). The van der Waals surface area contributed by atoms with Gasteiger partial charge in [-0.1, -0.05) is 54.1 Å². The molecule has 0 atom stereocenters. The third-order valence-corrected chi connectivity index (χ3v) is 4.57. The average molecular weight is 420 g/mol. The van der Waals surface area contributed by atoms with Gasteiger partial charge in [-0.05, 0) is 29.8 Å². The fourth-order valence-corrected chi connectivity index (χ4v) is 2.96. The predicted octanol–water partition coefficient (Wildman–Crippen LogP) is 4.33. The fourth-order valence-electron chi connectivity index (χ4n) is 2.85. The molecule has 0 unspecified atom stereocenters. The van der Waals surface area contributed by atoms with Crippen LogP contribution in [-0.4, -0.2) is 20.7 Å². The zero-order valence-electron chi connectivity index (χ0n) is 15.8. The number of nitrogen functional groups attached to an aromatic ring is 1. The van der Waals surface area contributed by atoms with E-state index in [1.807, 2.05) is 54.6 Å². The van der Waals surface area contributed by atoms with Gasteiger partial charge in [0.15, 0.2) is 0 Å². The lowest BCUT2D eigenvalue weighted by Gasteiger charge is -2.13. The summed E-state index contributed by atoms with van der Waals surface area (Å²) in [6.07, 6.45) is 2.86. The molecular weight excluding hydrogens is 402 g/mol. The van der Waals surface area contributed by atoms with Crippen molar-refractivity contribution in [1.29, 1.82) is 0 Å². The molecule has 0 fully saturated rings. The quantitative estimate of drug-likeness (QED) is 0.485. The minimum Gasteiger partial charge on any atom is -0.487 e. The third kappa shape index (κ3) is 4.26.